The third-order valence-electron chi connectivity index (χ3n) is 4.89. The smallest absolute Gasteiger partial charge is 0.278 e. The van der Waals surface area contributed by atoms with Crippen LogP contribution in [0.25, 0.3) is 5.57 Å². The Morgan fingerprint density at radius 1 is 0.938 bits per heavy atom. The van der Waals surface area contributed by atoms with Crippen LogP contribution in [0.1, 0.15) is 25.0 Å². The number of nitrogens with zero attached hydrogens (tertiary/aromatic N) is 2. The van der Waals surface area contributed by atoms with Crippen molar-refractivity contribution in [1.29, 1.82) is 0 Å². The number of imide groups is 1. The summed E-state index contributed by atoms with van der Waals surface area (Å²) in [6.07, 6.45) is 3.24. The van der Waals surface area contributed by atoms with Crippen molar-refractivity contribution in [3.63, 3.8) is 0 Å². The summed E-state index contributed by atoms with van der Waals surface area (Å²) in [4.78, 5) is 31.8. The van der Waals surface area contributed by atoms with Gasteiger partial charge in [-0.25, -0.2) is 4.39 Å². The number of hydrogen-bond acceptors (Lipinski definition) is 5. The summed E-state index contributed by atoms with van der Waals surface area (Å²) >= 11 is 0. The van der Waals surface area contributed by atoms with E-state index in [1.165, 1.54) is 29.2 Å². The van der Waals surface area contributed by atoms with Gasteiger partial charge in [0.05, 0.1) is 18.2 Å². The topological polar surface area (TPSA) is 71.5 Å². The molecule has 0 saturated heterocycles. The fraction of sp³-hybridized carbons (Fsp3) is 0.160. The first-order valence-electron chi connectivity index (χ1n) is 10.2. The Morgan fingerprint density at radius 2 is 1.59 bits per heavy atom. The summed E-state index contributed by atoms with van der Waals surface area (Å²) in [5.74, 6) is -0.580. The number of halogens is 1. The maximum atomic E-state index is 13.3. The summed E-state index contributed by atoms with van der Waals surface area (Å²) in [5, 5.41) is 3.02. The summed E-state index contributed by atoms with van der Waals surface area (Å²) in [6.45, 7) is 3.97. The van der Waals surface area contributed by atoms with Crippen LogP contribution in [0.2, 0.25) is 0 Å². The fourth-order valence-electron chi connectivity index (χ4n) is 3.42. The lowest BCUT2D eigenvalue weighted by molar-refractivity contribution is -0.137. The van der Waals surface area contributed by atoms with E-state index in [4.69, 9.17) is 4.74 Å². The van der Waals surface area contributed by atoms with E-state index in [1.54, 1.807) is 48.8 Å². The van der Waals surface area contributed by atoms with E-state index in [0.29, 0.717) is 17.0 Å². The van der Waals surface area contributed by atoms with Gasteiger partial charge >= 0.3 is 0 Å². The first-order valence-corrected chi connectivity index (χ1v) is 10.2. The molecule has 1 aromatic heterocycles. The molecule has 162 valence electrons. The van der Waals surface area contributed by atoms with Crippen LogP contribution in [0, 0.1) is 5.82 Å². The van der Waals surface area contributed by atoms with Gasteiger partial charge in [-0.3, -0.25) is 19.5 Å². The highest BCUT2D eigenvalue weighted by molar-refractivity contribution is 6.36. The van der Waals surface area contributed by atoms with Gasteiger partial charge in [0.1, 0.15) is 17.3 Å². The van der Waals surface area contributed by atoms with Gasteiger partial charge in [-0.2, -0.15) is 0 Å². The van der Waals surface area contributed by atoms with Crippen molar-refractivity contribution in [2.24, 2.45) is 0 Å². The van der Waals surface area contributed by atoms with Crippen molar-refractivity contribution in [2.75, 3.05) is 5.32 Å². The quantitative estimate of drug-likeness (QED) is 0.562. The van der Waals surface area contributed by atoms with E-state index in [2.05, 4.69) is 10.3 Å². The minimum absolute atomic E-state index is 0.0151. The van der Waals surface area contributed by atoms with Gasteiger partial charge in [-0.1, -0.05) is 12.1 Å². The Balaban J connectivity index is 1.71. The number of anilines is 1. The van der Waals surface area contributed by atoms with Crippen LogP contribution in [0.5, 0.6) is 5.75 Å². The van der Waals surface area contributed by atoms with E-state index < -0.39 is 17.6 Å². The molecular formula is C25H22FN3O3. The molecule has 0 atom stereocenters. The normalized spacial score (nSPS) is 13.8. The second kappa shape index (κ2) is 9.01. The van der Waals surface area contributed by atoms with Crippen LogP contribution in [-0.4, -0.2) is 27.8 Å². The van der Waals surface area contributed by atoms with Gasteiger partial charge in [0.25, 0.3) is 11.8 Å². The number of ether oxygens (including phenoxy) is 1. The molecule has 2 aromatic carbocycles. The van der Waals surface area contributed by atoms with Crippen molar-refractivity contribution < 1.29 is 18.7 Å². The Kier molecular flexibility index (Phi) is 5.98. The Labute approximate surface area is 185 Å². The molecule has 3 aromatic rings. The number of nitrogens with one attached hydrogen (secondary N) is 1. The molecule has 0 aliphatic carbocycles. The van der Waals surface area contributed by atoms with Crippen LogP contribution >= 0.6 is 0 Å². The molecule has 32 heavy (non-hydrogen) atoms. The number of rotatable bonds is 7. The van der Waals surface area contributed by atoms with Gasteiger partial charge in [0.2, 0.25) is 0 Å². The molecule has 7 heteroatoms. The van der Waals surface area contributed by atoms with E-state index in [1.807, 2.05) is 13.8 Å². The largest absolute Gasteiger partial charge is 0.491 e. The number of carbonyl (C=O) groups excluding carboxylic acids is 2. The van der Waals surface area contributed by atoms with Crippen LogP contribution < -0.4 is 10.1 Å². The molecule has 0 spiro atoms. The highest BCUT2D eigenvalue weighted by Crippen LogP contribution is 2.32. The van der Waals surface area contributed by atoms with E-state index in [0.717, 1.165) is 5.56 Å². The molecule has 6 nitrogen and oxygen atoms in total. The van der Waals surface area contributed by atoms with Gasteiger partial charge < -0.3 is 10.1 Å². The van der Waals surface area contributed by atoms with E-state index in [-0.39, 0.29) is 23.9 Å². The third kappa shape index (κ3) is 4.51. The predicted molar refractivity (Wildman–Crippen MR) is 119 cm³/mol. The summed E-state index contributed by atoms with van der Waals surface area (Å²) in [6, 6.07) is 16.1. The number of carbonyl (C=O) groups is 2. The van der Waals surface area contributed by atoms with Crippen molar-refractivity contribution in [1.82, 2.24) is 9.88 Å². The lowest BCUT2D eigenvalue weighted by atomic mass is 10.0. The van der Waals surface area contributed by atoms with Crippen molar-refractivity contribution in [3.05, 3.63) is 95.7 Å². The zero-order valence-electron chi connectivity index (χ0n) is 17.7. The van der Waals surface area contributed by atoms with Gasteiger partial charge in [0, 0.05) is 18.1 Å². The Morgan fingerprint density at radius 3 is 2.22 bits per heavy atom. The first-order chi connectivity index (χ1) is 15.4. The molecular weight excluding hydrogens is 409 g/mol. The number of amides is 2. The highest BCUT2D eigenvalue weighted by atomic mass is 19.1. The minimum atomic E-state index is -0.450. The lowest BCUT2D eigenvalue weighted by Crippen LogP contribution is -2.32. The SMILES string of the molecule is CC(C)Oc1ccc(C2=C(Nc3ccc(F)cc3)C(=O)N(Cc3ccncc3)C2=O)cc1. The lowest BCUT2D eigenvalue weighted by Gasteiger charge is -2.15. The molecule has 0 bridgehead atoms. The van der Waals surface area contributed by atoms with E-state index in [9.17, 15) is 14.0 Å². The van der Waals surface area contributed by atoms with Crippen LogP contribution in [0.4, 0.5) is 10.1 Å². The number of pyridine rings is 1. The molecule has 4 rings (SSSR count). The average molecular weight is 431 g/mol. The van der Waals surface area contributed by atoms with Gasteiger partial charge in [-0.15, -0.1) is 0 Å². The molecule has 1 N–H and O–H groups in total. The summed E-state index contributed by atoms with van der Waals surface area (Å²) in [5.41, 5.74) is 2.27. The van der Waals surface area contributed by atoms with E-state index >= 15 is 0 Å². The van der Waals surface area contributed by atoms with Crippen LogP contribution in [0.3, 0.4) is 0 Å². The molecule has 0 unspecified atom stereocenters. The Hall–Kier alpha value is -4.00. The minimum Gasteiger partial charge on any atom is -0.491 e. The third-order valence-corrected chi connectivity index (χ3v) is 4.89. The highest BCUT2D eigenvalue weighted by Gasteiger charge is 2.39. The predicted octanol–water partition coefficient (Wildman–Crippen LogP) is 4.40. The van der Waals surface area contributed by atoms with Crippen LogP contribution in [0.15, 0.2) is 78.8 Å². The molecule has 0 radical (unpaired) electrons. The first kappa shape index (κ1) is 21.2. The second-order valence-electron chi connectivity index (χ2n) is 7.62. The Bertz CT molecular complexity index is 1160. The number of aromatic nitrogens is 1. The monoisotopic (exact) mass is 431 g/mol. The number of hydrogen-bond donors (Lipinski definition) is 1. The summed E-state index contributed by atoms with van der Waals surface area (Å²) < 4.78 is 19.0. The van der Waals surface area contributed by atoms with Crippen molar-refractivity contribution in [2.45, 2.75) is 26.5 Å². The molecule has 0 saturated carbocycles. The standard InChI is InChI=1S/C25H22FN3O3/c1-16(2)32-21-9-3-18(4-10-21)22-23(28-20-7-5-19(26)6-8-20)25(31)29(24(22)30)15-17-11-13-27-14-12-17/h3-14,16,28H,15H2,1-2H3. The molecule has 0 fully saturated rings. The van der Waals surface area contributed by atoms with Gasteiger partial charge in [0.15, 0.2) is 0 Å². The summed E-state index contributed by atoms with van der Waals surface area (Å²) in [7, 11) is 0. The van der Waals surface area contributed by atoms with Crippen LogP contribution in [-0.2, 0) is 16.1 Å². The molecule has 1 aliphatic rings. The van der Waals surface area contributed by atoms with Crippen molar-refractivity contribution in [3.8, 4) is 5.75 Å². The van der Waals surface area contributed by atoms with Crippen molar-refractivity contribution >= 4 is 23.1 Å². The molecule has 2 heterocycles. The zero-order chi connectivity index (χ0) is 22.7. The molecule has 1 aliphatic heterocycles. The molecule has 2 amide bonds. The maximum absolute atomic E-state index is 13.3. The zero-order valence-corrected chi connectivity index (χ0v) is 17.7. The van der Waals surface area contributed by atoms with Gasteiger partial charge in [-0.05, 0) is 73.5 Å². The fourth-order valence-corrected chi connectivity index (χ4v) is 3.42. The second-order valence-corrected chi connectivity index (χ2v) is 7.62. The maximum Gasteiger partial charge on any atom is 0.278 e. The average Bonchev–Trinajstić information content (AvgIpc) is 3.00. The number of benzene rings is 2.